The Labute approximate surface area is 93.1 Å². The van der Waals surface area contributed by atoms with E-state index in [-0.39, 0.29) is 11.3 Å². The average Bonchev–Trinajstić information content (AvgIpc) is 2.28. The molecule has 4 nitrogen and oxygen atoms in total. The molecule has 90 valence electrons. The number of nitrogens with one attached hydrogen (secondary N) is 1. The number of hydrogen-bond acceptors (Lipinski definition) is 3. The van der Waals surface area contributed by atoms with Crippen molar-refractivity contribution in [1.82, 2.24) is 9.62 Å². The molecular weight excluding hydrogens is 212 g/mol. The fourth-order valence-corrected chi connectivity index (χ4v) is 3.73. The first-order valence-corrected chi connectivity index (χ1v) is 7.18. The highest BCUT2D eigenvalue weighted by molar-refractivity contribution is 7.89. The Morgan fingerprint density at radius 1 is 1.53 bits per heavy atom. The highest BCUT2D eigenvalue weighted by Gasteiger charge is 2.32. The molecule has 0 aromatic rings. The van der Waals surface area contributed by atoms with E-state index in [1.165, 1.54) is 4.31 Å². The van der Waals surface area contributed by atoms with Crippen molar-refractivity contribution in [1.29, 1.82) is 0 Å². The van der Waals surface area contributed by atoms with Gasteiger partial charge in [-0.15, -0.1) is 0 Å². The van der Waals surface area contributed by atoms with Crippen molar-refractivity contribution in [2.24, 2.45) is 0 Å². The van der Waals surface area contributed by atoms with Crippen LogP contribution in [0.25, 0.3) is 0 Å². The van der Waals surface area contributed by atoms with Gasteiger partial charge in [-0.05, 0) is 32.7 Å². The lowest BCUT2D eigenvalue weighted by Gasteiger charge is -2.30. The summed E-state index contributed by atoms with van der Waals surface area (Å²) in [4.78, 5) is 0. The molecule has 2 unspecified atom stereocenters. The SMILES string of the molecule is CCC(C)N(C)S(=O)(=O)C1CCCNC1. The van der Waals surface area contributed by atoms with Crippen molar-refractivity contribution in [3.63, 3.8) is 0 Å². The molecule has 0 bridgehead atoms. The first kappa shape index (κ1) is 12.9. The van der Waals surface area contributed by atoms with Crippen LogP contribution in [0.4, 0.5) is 0 Å². The van der Waals surface area contributed by atoms with Crippen molar-refractivity contribution in [3.8, 4) is 0 Å². The molecule has 0 saturated carbocycles. The number of sulfonamides is 1. The van der Waals surface area contributed by atoms with E-state index in [1.807, 2.05) is 13.8 Å². The standard InChI is InChI=1S/C10H22N2O2S/c1-4-9(2)12(3)15(13,14)10-6-5-7-11-8-10/h9-11H,4-8H2,1-3H3. The number of nitrogens with zero attached hydrogens (tertiary/aromatic N) is 1. The van der Waals surface area contributed by atoms with E-state index in [0.29, 0.717) is 6.54 Å². The summed E-state index contributed by atoms with van der Waals surface area (Å²) in [5.41, 5.74) is 0. The predicted molar refractivity (Wildman–Crippen MR) is 62.3 cm³/mol. The maximum atomic E-state index is 12.2. The van der Waals surface area contributed by atoms with Crippen LogP contribution < -0.4 is 5.32 Å². The van der Waals surface area contributed by atoms with Crippen LogP contribution in [-0.2, 0) is 10.0 Å². The normalized spacial score (nSPS) is 25.5. The fourth-order valence-electron chi connectivity index (χ4n) is 1.82. The van der Waals surface area contributed by atoms with E-state index in [9.17, 15) is 8.42 Å². The number of hydrogen-bond donors (Lipinski definition) is 1. The molecule has 5 heteroatoms. The smallest absolute Gasteiger partial charge is 0.218 e. The summed E-state index contributed by atoms with van der Waals surface area (Å²) in [5, 5.41) is 2.92. The van der Waals surface area contributed by atoms with Crippen LogP contribution in [0.3, 0.4) is 0 Å². The molecule has 1 N–H and O–H groups in total. The van der Waals surface area contributed by atoms with Crippen LogP contribution >= 0.6 is 0 Å². The van der Waals surface area contributed by atoms with Crippen molar-refractivity contribution >= 4 is 10.0 Å². The van der Waals surface area contributed by atoms with E-state index in [1.54, 1.807) is 7.05 Å². The highest BCUT2D eigenvalue weighted by Crippen LogP contribution is 2.18. The minimum atomic E-state index is -3.10. The van der Waals surface area contributed by atoms with Gasteiger partial charge in [-0.1, -0.05) is 6.92 Å². The molecule has 0 aliphatic carbocycles. The van der Waals surface area contributed by atoms with Gasteiger partial charge >= 0.3 is 0 Å². The average molecular weight is 234 g/mol. The first-order valence-electron chi connectivity index (χ1n) is 5.67. The molecular formula is C10H22N2O2S. The van der Waals surface area contributed by atoms with Gasteiger partial charge in [0.25, 0.3) is 0 Å². The number of rotatable bonds is 4. The summed E-state index contributed by atoms with van der Waals surface area (Å²) in [6.07, 6.45) is 2.60. The molecule has 15 heavy (non-hydrogen) atoms. The van der Waals surface area contributed by atoms with Crippen molar-refractivity contribution in [2.75, 3.05) is 20.1 Å². The molecule has 1 aliphatic heterocycles. The second kappa shape index (κ2) is 5.27. The third-order valence-corrected chi connectivity index (χ3v) is 5.69. The molecule has 1 aliphatic rings. The largest absolute Gasteiger partial charge is 0.315 e. The van der Waals surface area contributed by atoms with Gasteiger partial charge < -0.3 is 5.32 Å². The van der Waals surface area contributed by atoms with Crippen molar-refractivity contribution in [3.05, 3.63) is 0 Å². The quantitative estimate of drug-likeness (QED) is 0.783. The van der Waals surface area contributed by atoms with Gasteiger partial charge in [0.05, 0.1) is 5.25 Å². The summed E-state index contributed by atoms with van der Waals surface area (Å²) < 4.78 is 25.9. The van der Waals surface area contributed by atoms with Crippen LogP contribution in [-0.4, -0.2) is 44.2 Å². The molecule has 0 aromatic heterocycles. The monoisotopic (exact) mass is 234 g/mol. The molecule has 1 saturated heterocycles. The Kier molecular flexibility index (Phi) is 4.55. The van der Waals surface area contributed by atoms with Crippen molar-refractivity contribution < 1.29 is 8.42 Å². The Balaban J connectivity index is 2.72. The summed E-state index contributed by atoms with van der Waals surface area (Å²) in [5.74, 6) is 0. The van der Waals surface area contributed by atoms with E-state index in [2.05, 4.69) is 5.32 Å². The predicted octanol–water partition coefficient (Wildman–Crippen LogP) is 0.799. The second-order valence-electron chi connectivity index (χ2n) is 4.29. The zero-order valence-electron chi connectivity index (χ0n) is 9.86. The molecule has 1 rings (SSSR count). The molecule has 0 spiro atoms. The first-order chi connectivity index (χ1) is 7.00. The van der Waals surface area contributed by atoms with Crippen LogP contribution in [0.5, 0.6) is 0 Å². The minimum Gasteiger partial charge on any atom is -0.315 e. The zero-order chi connectivity index (χ0) is 11.5. The van der Waals surface area contributed by atoms with E-state index >= 15 is 0 Å². The third-order valence-electron chi connectivity index (χ3n) is 3.29. The fraction of sp³-hybridized carbons (Fsp3) is 1.00. The minimum absolute atomic E-state index is 0.0944. The van der Waals surface area contributed by atoms with Gasteiger partial charge in [-0.25, -0.2) is 12.7 Å². The van der Waals surface area contributed by atoms with Gasteiger partial charge in [-0.2, -0.15) is 0 Å². The van der Waals surface area contributed by atoms with Crippen LogP contribution in [0.2, 0.25) is 0 Å². The lowest BCUT2D eigenvalue weighted by molar-refractivity contribution is 0.366. The summed E-state index contributed by atoms with van der Waals surface area (Å²) in [6.45, 7) is 5.51. The van der Waals surface area contributed by atoms with Crippen LogP contribution in [0, 0.1) is 0 Å². The number of piperidine rings is 1. The van der Waals surface area contributed by atoms with Gasteiger partial charge in [-0.3, -0.25) is 0 Å². The lowest BCUT2D eigenvalue weighted by atomic mass is 10.2. The highest BCUT2D eigenvalue weighted by atomic mass is 32.2. The summed E-state index contributed by atoms with van der Waals surface area (Å²) in [6, 6.07) is 0.0944. The van der Waals surface area contributed by atoms with E-state index < -0.39 is 10.0 Å². The summed E-state index contributed by atoms with van der Waals surface area (Å²) in [7, 11) is -1.41. The molecule has 1 heterocycles. The molecule has 1 fully saturated rings. The molecule has 0 aromatic carbocycles. The van der Waals surface area contributed by atoms with E-state index in [4.69, 9.17) is 0 Å². The third kappa shape index (κ3) is 2.92. The Morgan fingerprint density at radius 3 is 2.67 bits per heavy atom. The Hall–Kier alpha value is -0.130. The maximum Gasteiger partial charge on any atom is 0.218 e. The van der Waals surface area contributed by atoms with Crippen LogP contribution in [0.15, 0.2) is 0 Å². The second-order valence-corrected chi connectivity index (χ2v) is 6.56. The van der Waals surface area contributed by atoms with Gasteiger partial charge in [0.1, 0.15) is 0 Å². The summed E-state index contributed by atoms with van der Waals surface area (Å²) >= 11 is 0. The topological polar surface area (TPSA) is 49.4 Å². The molecule has 0 radical (unpaired) electrons. The molecule has 0 amide bonds. The van der Waals surface area contributed by atoms with Crippen molar-refractivity contribution in [2.45, 2.75) is 44.4 Å². The lowest BCUT2D eigenvalue weighted by Crippen LogP contribution is -2.47. The zero-order valence-corrected chi connectivity index (χ0v) is 10.7. The van der Waals surface area contributed by atoms with Gasteiger partial charge in [0.2, 0.25) is 10.0 Å². The van der Waals surface area contributed by atoms with E-state index in [0.717, 1.165) is 25.8 Å². The Morgan fingerprint density at radius 2 is 2.20 bits per heavy atom. The molecule has 2 atom stereocenters. The van der Waals surface area contributed by atoms with Gasteiger partial charge in [0, 0.05) is 19.6 Å². The van der Waals surface area contributed by atoms with Crippen LogP contribution in [0.1, 0.15) is 33.1 Å². The van der Waals surface area contributed by atoms with Gasteiger partial charge in [0.15, 0.2) is 0 Å². The Bertz CT molecular complexity index is 276. The maximum absolute atomic E-state index is 12.2.